The van der Waals surface area contributed by atoms with Crippen molar-refractivity contribution in [3.63, 3.8) is 0 Å². The van der Waals surface area contributed by atoms with Crippen LogP contribution in [-0.2, 0) is 20.9 Å². The van der Waals surface area contributed by atoms with Gasteiger partial charge in [0.1, 0.15) is 23.3 Å². The molecule has 0 bridgehead atoms. The first-order chi connectivity index (χ1) is 19.7. The molecule has 2 N–H and O–H groups in total. The third kappa shape index (κ3) is 4.90. The van der Waals surface area contributed by atoms with Gasteiger partial charge in [0.25, 0.3) is 0 Å². The van der Waals surface area contributed by atoms with E-state index in [2.05, 4.69) is 5.32 Å². The second-order valence-corrected chi connectivity index (χ2v) is 12.1. The van der Waals surface area contributed by atoms with Crippen LogP contribution in [0.15, 0.2) is 82.6 Å². The smallest absolute Gasteiger partial charge is 0.308 e. The molecule has 4 aromatic rings. The molecular formula is C29H22ClN3O6S2. The highest BCUT2D eigenvalue weighted by atomic mass is 35.5. The number of hydrogen-bond acceptors (Lipinski definition) is 8. The molecule has 0 radical (unpaired) electrons. The Morgan fingerprint density at radius 1 is 0.976 bits per heavy atom. The van der Waals surface area contributed by atoms with Gasteiger partial charge in [-0.2, -0.15) is 0 Å². The predicted octanol–water partition coefficient (Wildman–Crippen LogP) is 4.71. The Morgan fingerprint density at radius 3 is 2.32 bits per heavy atom. The van der Waals surface area contributed by atoms with Crippen LogP contribution < -0.4 is 19.8 Å². The second kappa shape index (κ2) is 10.7. The van der Waals surface area contributed by atoms with Crippen molar-refractivity contribution in [2.24, 2.45) is 5.92 Å². The van der Waals surface area contributed by atoms with E-state index < -0.39 is 28.9 Å². The number of fused-ring (bicyclic) bond motifs is 2. The van der Waals surface area contributed by atoms with Crippen molar-refractivity contribution in [2.75, 3.05) is 17.3 Å². The van der Waals surface area contributed by atoms with Gasteiger partial charge in [-0.15, -0.1) is 0 Å². The van der Waals surface area contributed by atoms with E-state index >= 15 is 0 Å². The van der Waals surface area contributed by atoms with Crippen LogP contribution in [0, 0.1) is 5.92 Å². The number of amides is 3. The highest BCUT2D eigenvalue weighted by molar-refractivity contribution is 8.00. The third-order valence-corrected chi connectivity index (χ3v) is 9.92. The van der Waals surface area contributed by atoms with Gasteiger partial charge in [-0.25, -0.2) is 4.90 Å². The van der Waals surface area contributed by atoms with Gasteiger partial charge in [0, 0.05) is 21.5 Å². The number of hydrogen-bond donors (Lipinski definition) is 2. The summed E-state index contributed by atoms with van der Waals surface area (Å²) < 4.78 is 6.57. The van der Waals surface area contributed by atoms with Gasteiger partial charge in [0.2, 0.25) is 17.7 Å². The minimum absolute atomic E-state index is 0.0600. The number of carbonyl (C=O) groups excluding carboxylic acids is 3. The van der Waals surface area contributed by atoms with Gasteiger partial charge < -0.3 is 15.2 Å². The van der Waals surface area contributed by atoms with Gasteiger partial charge in [0.05, 0.1) is 23.7 Å². The lowest BCUT2D eigenvalue weighted by molar-refractivity contribution is -0.122. The molecule has 1 saturated heterocycles. The monoisotopic (exact) mass is 607 g/mol. The minimum Gasteiger partial charge on any atom is -0.508 e. The van der Waals surface area contributed by atoms with Crippen LogP contribution >= 0.6 is 34.7 Å². The molecule has 12 heteroatoms. The average molecular weight is 608 g/mol. The van der Waals surface area contributed by atoms with Crippen molar-refractivity contribution >= 4 is 63.8 Å². The number of aromatic nitrogens is 1. The highest BCUT2D eigenvalue weighted by Crippen LogP contribution is 2.54. The van der Waals surface area contributed by atoms with Gasteiger partial charge >= 0.3 is 4.87 Å². The van der Waals surface area contributed by atoms with E-state index in [4.69, 9.17) is 16.3 Å². The van der Waals surface area contributed by atoms with Crippen LogP contribution in [0.1, 0.15) is 16.4 Å². The molecule has 3 unspecified atom stereocenters. The second-order valence-electron chi connectivity index (χ2n) is 9.52. The highest BCUT2D eigenvalue weighted by Gasteiger charge is 2.56. The Labute approximate surface area is 247 Å². The molecule has 3 aromatic carbocycles. The first-order valence-corrected chi connectivity index (χ1v) is 14.6. The minimum atomic E-state index is -0.807. The molecule has 0 aliphatic carbocycles. The molecule has 208 valence electrons. The first-order valence-electron chi connectivity index (χ1n) is 12.5. The average Bonchev–Trinajstić information content (AvgIpc) is 3.41. The van der Waals surface area contributed by atoms with Gasteiger partial charge in [-0.1, -0.05) is 46.8 Å². The molecule has 2 aliphatic rings. The van der Waals surface area contributed by atoms with Crippen molar-refractivity contribution in [1.29, 1.82) is 0 Å². The van der Waals surface area contributed by atoms with E-state index in [1.165, 1.54) is 28.7 Å². The van der Waals surface area contributed by atoms with Gasteiger partial charge in [-0.05, 0) is 66.2 Å². The predicted molar refractivity (Wildman–Crippen MR) is 157 cm³/mol. The maximum Gasteiger partial charge on any atom is 0.308 e. The Kier molecular flexibility index (Phi) is 7.10. The van der Waals surface area contributed by atoms with E-state index in [0.717, 1.165) is 28.7 Å². The van der Waals surface area contributed by atoms with Crippen molar-refractivity contribution in [2.45, 2.75) is 22.7 Å². The topological polar surface area (TPSA) is 118 Å². The quantitative estimate of drug-likeness (QED) is 0.241. The van der Waals surface area contributed by atoms with Crippen molar-refractivity contribution in [3.8, 4) is 11.5 Å². The van der Waals surface area contributed by atoms with E-state index in [0.29, 0.717) is 32.1 Å². The lowest BCUT2D eigenvalue weighted by Crippen LogP contribution is -2.33. The molecule has 1 aromatic heterocycles. The molecular weight excluding hydrogens is 586 g/mol. The van der Waals surface area contributed by atoms with Crippen LogP contribution in [0.5, 0.6) is 11.5 Å². The number of rotatable bonds is 6. The first kappa shape index (κ1) is 27.1. The van der Waals surface area contributed by atoms with Gasteiger partial charge in [0.15, 0.2) is 0 Å². The summed E-state index contributed by atoms with van der Waals surface area (Å²) in [5, 5.41) is 12.4. The molecule has 41 heavy (non-hydrogen) atoms. The number of nitrogens with one attached hydrogen (secondary N) is 1. The summed E-state index contributed by atoms with van der Waals surface area (Å²) in [6.07, 6.45) is 0. The van der Waals surface area contributed by atoms with Crippen LogP contribution in [-0.4, -0.2) is 39.8 Å². The maximum atomic E-state index is 13.9. The molecule has 2 aliphatic heterocycles. The SMILES string of the molecule is COc1ccc(N2C(=O)C3Sc4c(sc(=O)n4CC(=O)Nc4ccc(O)cc4)C(c4ccc(Cl)cc4)C3C2=O)cc1. The van der Waals surface area contributed by atoms with Gasteiger partial charge in [-0.3, -0.25) is 23.7 Å². The maximum absolute atomic E-state index is 13.9. The number of halogens is 1. The molecule has 9 nitrogen and oxygen atoms in total. The number of methoxy groups -OCH3 is 1. The standard InChI is InChI=1S/C29H22ClN3O6S2/c1-39-20-12-8-18(9-13-20)33-26(36)23-22(15-2-4-16(30)5-3-15)25-28(40-24(23)27(33)37)32(29(38)41-25)14-21(35)31-17-6-10-19(34)11-7-17/h2-13,22-24,34H,14H2,1H3,(H,31,35). The summed E-state index contributed by atoms with van der Waals surface area (Å²) in [6.45, 7) is -0.284. The summed E-state index contributed by atoms with van der Waals surface area (Å²) in [7, 11) is 1.53. The Morgan fingerprint density at radius 2 is 1.66 bits per heavy atom. The van der Waals surface area contributed by atoms with Crippen molar-refractivity contribution < 1.29 is 24.2 Å². The molecule has 6 rings (SSSR count). The number of ether oxygens (including phenoxy) is 1. The third-order valence-electron chi connectivity index (χ3n) is 7.06. The van der Waals surface area contributed by atoms with E-state index in [-0.39, 0.29) is 23.1 Å². The number of aromatic hydroxyl groups is 1. The Bertz CT molecular complexity index is 1720. The summed E-state index contributed by atoms with van der Waals surface area (Å²) in [6, 6.07) is 19.7. The lowest BCUT2D eigenvalue weighted by Gasteiger charge is -2.30. The number of phenols is 1. The number of carbonyl (C=O) groups is 3. The van der Waals surface area contributed by atoms with Crippen LogP contribution in [0.3, 0.4) is 0 Å². The number of benzene rings is 3. The molecule has 1 fully saturated rings. The van der Waals surface area contributed by atoms with E-state index in [1.54, 1.807) is 60.7 Å². The number of imide groups is 1. The fraction of sp³-hybridized carbons (Fsp3) is 0.172. The van der Waals surface area contributed by atoms with Crippen molar-refractivity contribution in [3.05, 3.63) is 97.9 Å². The number of thiazole rings is 1. The number of nitrogens with zero attached hydrogens (tertiary/aromatic N) is 2. The summed E-state index contributed by atoms with van der Waals surface area (Å²) in [5.74, 6) is -1.90. The Hall–Kier alpha value is -4.06. The van der Waals surface area contributed by atoms with Crippen LogP contribution in [0.25, 0.3) is 0 Å². The van der Waals surface area contributed by atoms with E-state index in [9.17, 15) is 24.3 Å². The van der Waals surface area contributed by atoms with Crippen molar-refractivity contribution in [1.82, 2.24) is 4.57 Å². The molecule has 0 spiro atoms. The zero-order valence-electron chi connectivity index (χ0n) is 21.4. The summed E-state index contributed by atoms with van der Waals surface area (Å²) >= 11 is 8.26. The van der Waals surface area contributed by atoms with Crippen LogP contribution in [0.4, 0.5) is 11.4 Å². The molecule has 0 saturated carbocycles. The normalized spacial score (nSPS) is 19.6. The summed E-state index contributed by atoms with van der Waals surface area (Å²) in [4.78, 5) is 55.4. The van der Waals surface area contributed by atoms with E-state index in [1.807, 2.05) is 0 Å². The lowest BCUT2D eigenvalue weighted by atomic mass is 9.83. The number of anilines is 2. The number of thioether (sulfide) groups is 1. The zero-order valence-corrected chi connectivity index (χ0v) is 23.8. The number of phenolic OH excluding ortho intramolecular Hbond substituents is 1. The summed E-state index contributed by atoms with van der Waals surface area (Å²) in [5.41, 5.74) is 1.63. The van der Waals surface area contributed by atoms with Crippen LogP contribution in [0.2, 0.25) is 5.02 Å². The fourth-order valence-electron chi connectivity index (χ4n) is 5.16. The molecule has 3 amide bonds. The molecule has 3 atom stereocenters. The Balaban J connectivity index is 1.39. The largest absolute Gasteiger partial charge is 0.508 e. The fourth-order valence-corrected chi connectivity index (χ4v) is 8.06. The molecule has 3 heterocycles. The zero-order chi connectivity index (χ0) is 28.8.